The van der Waals surface area contributed by atoms with Crippen LogP contribution in [-0.4, -0.2) is 13.1 Å². The molecule has 0 saturated carbocycles. The van der Waals surface area contributed by atoms with Gasteiger partial charge >= 0.3 is 0 Å². The van der Waals surface area contributed by atoms with E-state index in [9.17, 15) is 8.42 Å². The van der Waals surface area contributed by atoms with Gasteiger partial charge in [0.2, 0.25) is 10.0 Å². The maximum Gasteiger partial charge on any atom is 0.242 e. The highest BCUT2D eigenvalue weighted by Crippen LogP contribution is 2.21. The van der Waals surface area contributed by atoms with Crippen molar-refractivity contribution in [1.29, 1.82) is 5.26 Å². The molecule has 0 radical (unpaired) electrons. The fourth-order valence-electron chi connectivity index (χ4n) is 0.893. The maximum absolute atomic E-state index is 11.2. The van der Waals surface area contributed by atoms with Gasteiger partial charge in [-0.2, -0.15) is 5.26 Å². The van der Waals surface area contributed by atoms with E-state index < -0.39 is 10.0 Å². The minimum Gasteiger partial charge on any atom is -0.281 e. The van der Waals surface area contributed by atoms with Crippen LogP contribution in [0.5, 0.6) is 0 Å². The molecule has 0 aliphatic rings. The van der Waals surface area contributed by atoms with Crippen molar-refractivity contribution in [2.24, 2.45) is 0 Å². The molecule has 1 N–H and O–H groups in total. The monoisotopic (exact) mass is 308 g/mol. The fraction of sp³-hybridized carbons (Fsp3) is 0.125. The SMILES string of the molecule is N#Cc1ccc(Cl)cc1NS(=O)(=O)CBr. The van der Waals surface area contributed by atoms with Crippen molar-refractivity contribution in [3.05, 3.63) is 28.8 Å². The number of hydrogen-bond acceptors (Lipinski definition) is 3. The van der Waals surface area contributed by atoms with Gasteiger partial charge in [-0.05, 0) is 18.2 Å². The molecule has 0 fully saturated rings. The summed E-state index contributed by atoms with van der Waals surface area (Å²) >= 11 is 8.52. The lowest BCUT2D eigenvalue weighted by molar-refractivity contribution is 0.606. The molecule has 1 aromatic carbocycles. The predicted octanol–water partition coefficient (Wildman–Crippen LogP) is 2.31. The molecule has 0 aliphatic carbocycles. The highest BCUT2D eigenvalue weighted by atomic mass is 79.9. The van der Waals surface area contributed by atoms with E-state index in [0.717, 1.165) is 0 Å². The second kappa shape index (κ2) is 4.84. The van der Waals surface area contributed by atoms with Crippen LogP contribution in [0.15, 0.2) is 18.2 Å². The smallest absolute Gasteiger partial charge is 0.242 e. The summed E-state index contributed by atoms with van der Waals surface area (Å²) in [7, 11) is -3.46. The highest BCUT2D eigenvalue weighted by Gasteiger charge is 2.11. The van der Waals surface area contributed by atoms with Crippen molar-refractivity contribution in [2.75, 3.05) is 9.38 Å². The Kier molecular flexibility index (Phi) is 3.97. The molecule has 0 amide bonds. The number of nitrogens with one attached hydrogen (secondary N) is 1. The van der Waals surface area contributed by atoms with Gasteiger partial charge in [0.05, 0.1) is 11.3 Å². The van der Waals surface area contributed by atoms with Crippen molar-refractivity contribution in [3.63, 3.8) is 0 Å². The van der Waals surface area contributed by atoms with Gasteiger partial charge in [0.1, 0.15) is 10.7 Å². The Morgan fingerprint density at radius 2 is 2.20 bits per heavy atom. The highest BCUT2D eigenvalue weighted by molar-refractivity contribution is 9.10. The third kappa shape index (κ3) is 3.38. The van der Waals surface area contributed by atoms with Crippen LogP contribution in [0.25, 0.3) is 0 Å². The number of anilines is 1. The van der Waals surface area contributed by atoms with Gasteiger partial charge in [-0.1, -0.05) is 27.5 Å². The van der Waals surface area contributed by atoms with Gasteiger partial charge in [-0.3, -0.25) is 4.72 Å². The number of benzene rings is 1. The van der Waals surface area contributed by atoms with Crippen LogP contribution in [0, 0.1) is 11.3 Å². The Morgan fingerprint density at radius 3 is 2.73 bits per heavy atom. The Balaban J connectivity index is 3.15. The van der Waals surface area contributed by atoms with E-state index in [2.05, 4.69) is 20.7 Å². The normalized spacial score (nSPS) is 10.7. The molecule has 0 heterocycles. The van der Waals surface area contributed by atoms with Crippen LogP contribution in [0.4, 0.5) is 5.69 Å². The summed E-state index contributed by atoms with van der Waals surface area (Å²) < 4.78 is 24.5. The third-order valence-corrected chi connectivity index (χ3v) is 4.37. The Hall–Kier alpha value is -0.770. The molecule has 1 aromatic rings. The predicted molar refractivity (Wildman–Crippen MR) is 62.5 cm³/mol. The first-order valence-corrected chi connectivity index (χ1v) is 6.90. The number of rotatable bonds is 3. The van der Waals surface area contributed by atoms with E-state index in [1.54, 1.807) is 0 Å². The van der Waals surface area contributed by atoms with Crippen LogP contribution < -0.4 is 4.72 Å². The summed E-state index contributed by atoms with van der Waals surface area (Å²) in [4.78, 5) is 0. The first kappa shape index (κ1) is 12.3. The lowest BCUT2D eigenvalue weighted by atomic mass is 10.2. The summed E-state index contributed by atoms with van der Waals surface area (Å²) in [5, 5.41) is 9.10. The average Bonchev–Trinajstić information content (AvgIpc) is 2.18. The van der Waals surface area contributed by atoms with Crippen molar-refractivity contribution in [2.45, 2.75) is 0 Å². The van der Waals surface area contributed by atoms with E-state index in [0.29, 0.717) is 5.02 Å². The van der Waals surface area contributed by atoms with E-state index in [-0.39, 0.29) is 15.9 Å². The Morgan fingerprint density at radius 1 is 1.53 bits per heavy atom. The maximum atomic E-state index is 11.2. The van der Waals surface area contributed by atoms with E-state index in [4.69, 9.17) is 16.9 Å². The minimum atomic E-state index is -3.46. The fourth-order valence-corrected chi connectivity index (χ4v) is 1.97. The molecular weight excluding hydrogens is 304 g/mol. The van der Waals surface area contributed by atoms with E-state index >= 15 is 0 Å². The summed E-state index contributed by atoms with van der Waals surface area (Å²) in [6.07, 6.45) is 0. The molecular formula is C8H6BrClN2O2S. The molecule has 0 bridgehead atoms. The second-order valence-electron chi connectivity index (χ2n) is 2.63. The largest absolute Gasteiger partial charge is 0.281 e. The van der Waals surface area contributed by atoms with Crippen LogP contribution in [0.3, 0.4) is 0 Å². The van der Waals surface area contributed by atoms with Gasteiger partial charge in [0.15, 0.2) is 0 Å². The van der Waals surface area contributed by atoms with Crippen molar-refractivity contribution < 1.29 is 8.42 Å². The molecule has 80 valence electrons. The molecule has 7 heteroatoms. The zero-order valence-electron chi connectivity index (χ0n) is 7.37. The summed E-state index contributed by atoms with van der Waals surface area (Å²) in [6, 6.07) is 6.23. The van der Waals surface area contributed by atoms with Gasteiger partial charge in [-0.15, -0.1) is 0 Å². The van der Waals surface area contributed by atoms with Gasteiger partial charge in [0.25, 0.3) is 0 Å². The summed E-state index contributed by atoms with van der Waals surface area (Å²) in [6.45, 7) is 0. The zero-order valence-corrected chi connectivity index (χ0v) is 10.5. The van der Waals surface area contributed by atoms with Crippen LogP contribution in [0.2, 0.25) is 5.02 Å². The lowest BCUT2D eigenvalue weighted by Crippen LogP contribution is -2.14. The second-order valence-corrected chi connectivity index (χ2v) is 6.09. The molecule has 1 rings (SSSR count). The lowest BCUT2D eigenvalue weighted by Gasteiger charge is -2.07. The van der Waals surface area contributed by atoms with Crippen molar-refractivity contribution in [3.8, 4) is 6.07 Å². The molecule has 0 aromatic heterocycles. The quantitative estimate of drug-likeness (QED) is 0.871. The molecule has 0 unspecified atom stereocenters. The first-order chi connectivity index (χ1) is 6.98. The molecule has 0 saturated heterocycles. The number of halogens is 2. The van der Waals surface area contributed by atoms with E-state index in [1.807, 2.05) is 6.07 Å². The van der Waals surface area contributed by atoms with Crippen molar-refractivity contribution in [1.82, 2.24) is 0 Å². The number of nitrogens with zero attached hydrogens (tertiary/aromatic N) is 1. The minimum absolute atomic E-state index is 0.185. The topological polar surface area (TPSA) is 70.0 Å². The summed E-state index contributed by atoms with van der Waals surface area (Å²) in [5.41, 5.74) is 0.411. The van der Waals surface area contributed by atoms with Crippen LogP contribution in [-0.2, 0) is 10.0 Å². The molecule has 0 atom stereocenters. The third-order valence-electron chi connectivity index (χ3n) is 1.51. The molecule has 4 nitrogen and oxygen atoms in total. The molecule has 15 heavy (non-hydrogen) atoms. The number of alkyl halides is 1. The summed E-state index contributed by atoms with van der Waals surface area (Å²) in [5.74, 6) is 0. The molecule has 0 aliphatic heterocycles. The van der Waals surface area contributed by atoms with Crippen LogP contribution >= 0.6 is 27.5 Å². The molecule has 0 spiro atoms. The number of nitriles is 1. The number of hydrogen-bond donors (Lipinski definition) is 1. The zero-order chi connectivity index (χ0) is 11.5. The van der Waals surface area contributed by atoms with Gasteiger partial charge in [0, 0.05) is 5.02 Å². The first-order valence-electron chi connectivity index (χ1n) is 3.74. The Labute approximate surface area is 101 Å². The van der Waals surface area contributed by atoms with E-state index in [1.165, 1.54) is 18.2 Å². The van der Waals surface area contributed by atoms with Gasteiger partial charge in [-0.25, -0.2) is 8.42 Å². The average molecular weight is 310 g/mol. The standard InChI is InChI=1S/C8H6BrClN2O2S/c9-5-15(13,14)12-8-3-7(10)2-1-6(8)4-11/h1-3,12H,5H2. The van der Waals surface area contributed by atoms with Gasteiger partial charge < -0.3 is 0 Å². The van der Waals surface area contributed by atoms with Crippen molar-refractivity contribution >= 4 is 43.2 Å². The Bertz CT molecular complexity index is 510. The van der Waals surface area contributed by atoms with Crippen LogP contribution in [0.1, 0.15) is 5.56 Å². The number of sulfonamides is 1.